The topological polar surface area (TPSA) is 53.6 Å². The van der Waals surface area contributed by atoms with Crippen LogP contribution in [0.3, 0.4) is 0 Å². The molecule has 0 aromatic heterocycles. The minimum atomic E-state index is 0.532. The maximum absolute atomic E-state index is 6.11. The average molecular weight is 348 g/mol. The van der Waals surface area contributed by atoms with Gasteiger partial charge in [-0.2, -0.15) is 0 Å². The van der Waals surface area contributed by atoms with Gasteiger partial charge < -0.3 is 11.1 Å². The molecule has 4 nitrogen and oxygen atoms in total. The Kier molecular flexibility index (Phi) is 5.21. The predicted octanol–water partition coefficient (Wildman–Crippen LogP) is 3.42. The molecule has 1 aliphatic heterocycles. The van der Waals surface area contributed by atoms with Crippen LogP contribution in [0.5, 0.6) is 0 Å². The number of nitrogens with zero attached hydrogens (tertiary/aromatic N) is 2. The highest BCUT2D eigenvalue weighted by Gasteiger charge is 2.22. The minimum Gasteiger partial charge on any atom is -0.370 e. The lowest BCUT2D eigenvalue weighted by Crippen LogP contribution is -2.25. The van der Waals surface area contributed by atoms with E-state index in [1.54, 1.807) is 0 Å². The molecule has 1 unspecified atom stereocenters. The van der Waals surface area contributed by atoms with Gasteiger partial charge in [0.05, 0.1) is 0 Å². The van der Waals surface area contributed by atoms with Gasteiger partial charge in [0.2, 0.25) is 0 Å². The lowest BCUT2D eigenvalue weighted by Gasteiger charge is -2.15. The molecule has 4 rings (SSSR count). The van der Waals surface area contributed by atoms with Crippen LogP contribution in [0.2, 0.25) is 0 Å². The van der Waals surface area contributed by atoms with E-state index in [0.717, 1.165) is 31.9 Å². The van der Waals surface area contributed by atoms with Crippen LogP contribution in [-0.4, -0.2) is 30.5 Å². The molecule has 2 aromatic carbocycles. The third-order valence-electron chi connectivity index (χ3n) is 5.51. The maximum atomic E-state index is 6.11. The number of fused-ring (bicyclic) bond motifs is 1. The summed E-state index contributed by atoms with van der Waals surface area (Å²) < 4.78 is 0. The molecule has 26 heavy (non-hydrogen) atoms. The van der Waals surface area contributed by atoms with Crippen molar-refractivity contribution in [2.45, 2.75) is 32.2 Å². The molecule has 3 N–H and O–H groups in total. The zero-order valence-corrected chi connectivity index (χ0v) is 15.3. The third-order valence-corrected chi connectivity index (χ3v) is 5.51. The molecule has 2 aromatic rings. The van der Waals surface area contributed by atoms with Gasteiger partial charge in [0.25, 0.3) is 0 Å². The zero-order chi connectivity index (χ0) is 17.8. The number of likely N-dealkylation sites (tertiary alicyclic amines) is 1. The largest absolute Gasteiger partial charge is 0.370 e. The third kappa shape index (κ3) is 4.25. The maximum Gasteiger partial charge on any atom is 0.193 e. The second-order valence-corrected chi connectivity index (χ2v) is 7.56. The molecular weight excluding hydrogens is 320 g/mol. The van der Waals surface area contributed by atoms with Gasteiger partial charge in [-0.3, -0.25) is 9.89 Å². The average Bonchev–Trinajstić information content (AvgIpc) is 3.29. The highest BCUT2D eigenvalue weighted by Crippen LogP contribution is 2.25. The summed E-state index contributed by atoms with van der Waals surface area (Å²) in [7, 11) is 0. The number of nitrogens with two attached hydrogens (primary N) is 1. The van der Waals surface area contributed by atoms with Crippen molar-refractivity contribution < 1.29 is 0 Å². The fraction of sp³-hybridized carbons (Fsp3) is 0.409. The molecule has 1 atom stereocenters. The zero-order valence-electron chi connectivity index (χ0n) is 15.3. The standard InChI is InChI=1S/C22H28N4/c23-22(25-21-10-9-19-7-4-8-20(19)13-21)24-14-18-11-12-26(16-18)15-17-5-2-1-3-6-17/h1-3,5-6,9-10,13,18H,4,7-8,11-12,14-16H2,(H3,23,24,25). The Balaban J connectivity index is 1.26. The van der Waals surface area contributed by atoms with Gasteiger partial charge in [-0.25, -0.2) is 0 Å². The Labute approximate surface area is 156 Å². The summed E-state index contributed by atoms with van der Waals surface area (Å²) in [5.41, 5.74) is 11.5. The lowest BCUT2D eigenvalue weighted by molar-refractivity contribution is 0.318. The van der Waals surface area contributed by atoms with Crippen LogP contribution in [0.15, 0.2) is 53.5 Å². The molecule has 0 spiro atoms. The van der Waals surface area contributed by atoms with Gasteiger partial charge in [0.1, 0.15) is 0 Å². The number of aliphatic imine (C=N–C) groups is 1. The van der Waals surface area contributed by atoms with Gasteiger partial charge in [-0.05, 0) is 67.0 Å². The quantitative estimate of drug-likeness (QED) is 0.643. The first-order valence-electron chi connectivity index (χ1n) is 9.71. The van der Waals surface area contributed by atoms with Crippen molar-refractivity contribution in [3.8, 4) is 0 Å². The predicted molar refractivity (Wildman–Crippen MR) is 108 cm³/mol. The van der Waals surface area contributed by atoms with Crippen molar-refractivity contribution in [3.63, 3.8) is 0 Å². The van der Waals surface area contributed by atoms with E-state index in [0.29, 0.717) is 11.9 Å². The first-order chi connectivity index (χ1) is 12.8. The van der Waals surface area contributed by atoms with Crippen molar-refractivity contribution in [2.24, 2.45) is 16.6 Å². The van der Waals surface area contributed by atoms with Crippen LogP contribution in [-0.2, 0) is 19.4 Å². The van der Waals surface area contributed by atoms with Crippen molar-refractivity contribution in [1.29, 1.82) is 0 Å². The van der Waals surface area contributed by atoms with Crippen molar-refractivity contribution in [3.05, 3.63) is 65.2 Å². The molecule has 0 radical (unpaired) electrons. The van der Waals surface area contributed by atoms with E-state index >= 15 is 0 Å². The number of anilines is 1. The van der Waals surface area contributed by atoms with Crippen molar-refractivity contribution >= 4 is 11.6 Å². The first kappa shape index (κ1) is 17.1. The molecular formula is C22H28N4. The number of hydrogen-bond acceptors (Lipinski definition) is 2. The van der Waals surface area contributed by atoms with E-state index in [-0.39, 0.29) is 0 Å². The van der Waals surface area contributed by atoms with Crippen LogP contribution in [0.4, 0.5) is 5.69 Å². The van der Waals surface area contributed by atoms with Gasteiger partial charge in [-0.15, -0.1) is 0 Å². The second kappa shape index (κ2) is 7.92. The number of benzene rings is 2. The minimum absolute atomic E-state index is 0.532. The Hall–Kier alpha value is -2.33. The summed E-state index contributed by atoms with van der Waals surface area (Å²) in [4.78, 5) is 7.11. The Bertz CT molecular complexity index is 769. The summed E-state index contributed by atoms with van der Waals surface area (Å²) in [5, 5.41) is 3.26. The normalized spacial score (nSPS) is 20.3. The Morgan fingerprint density at radius 3 is 2.85 bits per heavy atom. The number of hydrogen-bond donors (Lipinski definition) is 2. The van der Waals surface area contributed by atoms with Crippen molar-refractivity contribution in [1.82, 2.24) is 4.90 Å². The van der Waals surface area contributed by atoms with E-state index in [1.165, 1.54) is 42.4 Å². The van der Waals surface area contributed by atoms with Crippen LogP contribution >= 0.6 is 0 Å². The van der Waals surface area contributed by atoms with Gasteiger partial charge >= 0.3 is 0 Å². The van der Waals surface area contributed by atoms with Crippen molar-refractivity contribution in [2.75, 3.05) is 25.0 Å². The van der Waals surface area contributed by atoms with Crippen LogP contribution < -0.4 is 11.1 Å². The smallest absolute Gasteiger partial charge is 0.193 e. The summed E-state index contributed by atoms with van der Waals surface area (Å²) in [5.74, 6) is 1.13. The fourth-order valence-corrected chi connectivity index (χ4v) is 4.11. The van der Waals surface area contributed by atoms with Gasteiger partial charge in [0.15, 0.2) is 5.96 Å². The second-order valence-electron chi connectivity index (χ2n) is 7.56. The summed E-state index contributed by atoms with van der Waals surface area (Å²) in [6, 6.07) is 17.2. The van der Waals surface area contributed by atoms with E-state index in [9.17, 15) is 0 Å². The molecule has 136 valence electrons. The first-order valence-corrected chi connectivity index (χ1v) is 9.71. The fourth-order valence-electron chi connectivity index (χ4n) is 4.11. The lowest BCUT2D eigenvalue weighted by atomic mass is 10.1. The van der Waals surface area contributed by atoms with Gasteiger partial charge in [-0.1, -0.05) is 36.4 Å². The van der Waals surface area contributed by atoms with Crippen LogP contribution in [0.25, 0.3) is 0 Å². The summed E-state index contributed by atoms with van der Waals surface area (Å²) in [6.07, 6.45) is 4.85. The highest BCUT2D eigenvalue weighted by atomic mass is 15.2. The molecule has 1 saturated heterocycles. The van der Waals surface area contributed by atoms with E-state index in [4.69, 9.17) is 5.73 Å². The van der Waals surface area contributed by atoms with E-state index in [2.05, 4.69) is 63.7 Å². The number of nitrogens with one attached hydrogen (secondary N) is 1. The van der Waals surface area contributed by atoms with Crippen LogP contribution in [0, 0.1) is 5.92 Å². The molecule has 4 heteroatoms. The molecule has 1 aliphatic carbocycles. The number of aryl methyl sites for hydroxylation is 2. The molecule has 1 heterocycles. The summed E-state index contributed by atoms with van der Waals surface area (Å²) >= 11 is 0. The molecule has 0 bridgehead atoms. The van der Waals surface area contributed by atoms with Crippen LogP contribution in [0.1, 0.15) is 29.5 Å². The Morgan fingerprint density at radius 2 is 1.96 bits per heavy atom. The Morgan fingerprint density at radius 1 is 1.12 bits per heavy atom. The van der Waals surface area contributed by atoms with E-state index in [1.807, 2.05) is 0 Å². The van der Waals surface area contributed by atoms with Gasteiger partial charge in [0, 0.05) is 25.3 Å². The number of guanidine groups is 1. The summed E-state index contributed by atoms with van der Waals surface area (Å²) in [6.45, 7) is 4.08. The number of rotatable bonds is 5. The molecule has 1 fully saturated rings. The highest BCUT2D eigenvalue weighted by molar-refractivity contribution is 5.92. The SMILES string of the molecule is NC(=NCC1CCN(Cc2ccccc2)C1)Nc1ccc2c(c1)CCC2. The molecule has 0 amide bonds. The monoisotopic (exact) mass is 348 g/mol. The molecule has 0 saturated carbocycles. The van der Waals surface area contributed by atoms with E-state index < -0.39 is 0 Å². The molecule has 2 aliphatic rings.